The van der Waals surface area contributed by atoms with Crippen molar-refractivity contribution in [3.8, 4) is 0 Å². The van der Waals surface area contributed by atoms with Crippen LogP contribution in [0.5, 0.6) is 0 Å². The zero-order chi connectivity index (χ0) is 15.1. The maximum absolute atomic E-state index is 10.9. The zero-order valence-electron chi connectivity index (χ0n) is 12.8. The van der Waals surface area contributed by atoms with E-state index in [1.54, 1.807) is 12.2 Å². The Labute approximate surface area is 116 Å². The molecule has 0 radical (unpaired) electrons. The average molecular weight is 266 g/mol. The van der Waals surface area contributed by atoms with Crippen molar-refractivity contribution >= 4 is 5.97 Å². The van der Waals surface area contributed by atoms with Crippen molar-refractivity contribution in [2.45, 2.75) is 54.1 Å². The Morgan fingerprint density at radius 3 is 2.05 bits per heavy atom. The Hall–Kier alpha value is -1.09. The van der Waals surface area contributed by atoms with Crippen LogP contribution in [-0.2, 0) is 4.79 Å². The number of carboxylic acid groups (broad SMARTS) is 1. The molecule has 1 aliphatic rings. The lowest BCUT2D eigenvalue weighted by Crippen LogP contribution is -2.53. The van der Waals surface area contributed by atoms with E-state index in [0.717, 1.165) is 5.57 Å². The van der Waals surface area contributed by atoms with Crippen LogP contribution in [-0.4, -0.2) is 22.3 Å². The summed E-state index contributed by atoms with van der Waals surface area (Å²) in [4.78, 5) is 10.9. The fraction of sp³-hybridized carbons (Fsp3) is 0.688. The van der Waals surface area contributed by atoms with E-state index >= 15 is 0 Å². The molecule has 0 heterocycles. The third-order valence-electron chi connectivity index (χ3n) is 4.21. The number of aliphatic hydroxyl groups excluding tert-OH is 1. The van der Waals surface area contributed by atoms with Crippen LogP contribution < -0.4 is 0 Å². The molecule has 0 aromatic rings. The minimum atomic E-state index is -0.844. The molecule has 0 aromatic carbocycles. The quantitative estimate of drug-likeness (QED) is 0.805. The summed E-state index contributed by atoms with van der Waals surface area (Å²) in [5.41, 5.74) is -0.0830. The molecular weight excluding hydrogens is 240 g/mol. The van der Waals surface area contributed by atoms with Crippen LogP contribution in [0.3, 0.4) is 0 Å². The van der Waals surface area contributed by atoms with Gasteiger partial charge in [0.15, 0.2) is 0 Å². The molecule has 1 aliphatic carbocycles. The van der Waals surface area contributed by atoms with E-state index in [0.29, 0.717) is 0 Å². The Balaban J connectivity index is 3.41. The third-order valence-corrected chi connectivity index (χ3v) is 4.21. The van der Waals surface area contributed by atoms with Crippen molar-refractivity contribution < 1.29 is 15.0 Å². The molecule has 108 valence electrons. The second-order valence-electron chi connectivity index (χ2n) is 7.46. The average Bonchev–Trinajstić information content (AvgIpc) is 2.16. The fourth-order valence-corrected chi connectivity index (χ4v) is 3.52. The molecule has 1 unspecified atom stereocenters. The van der Waals surface area contributed by atoms with Crippen molar-refractivity contribution in [1.29, 1.82) is 0 Å². The van der Waals surface area contributed by atoms with Crippen molar-refractivity contribution in [3.63, 3.8) is 0 Å². The Kier molecular flexibility index (Phi) is 4.02. The molecule has 0 bridgehead atoms. The number of hydrogen-bond acceptors (Lipinski definition) is 2. The van der Waals surface area contributed by atoms with Crippen LogP contribution in [0.4, 0.5) is 0 Å². The van der Waals surface area contributed by atoms with Gasteiger partial charge in [0.2, 0.25) is 0 Å². The second kappa shape index (κ2) is 4.78. The molecule has 0 fully saturated rings. The van der Waals surface area contributed by atoms with Crippen LogP contribution >= 0.6 is 0 Å². The highest BCUT2D eigenvalue weighted by Gasteiger charge is 2.53. The number of allylic oxidation sites excluding steroid dienone is 1. The van der Waals surface area contributed by atoms with Crippen molar-refractivity contribution in [2.75, 3.05) is 0 Å². The molecule has 0 saturated heterocycles. The van der Waals surface area contributed by atoms with Crippen LogP contribution in [0.2, 0.25) is 0 Å². The van der Waals surface area contributed by atoms with Gasteiger partial charge in [-0.15, -0.1) is 0 Å². The summed E-state index contributed by atoms with van der Waals surface area (Å²) in [5, 5.41) is 19.5. The second-order valence-corrected chi connectivity index (χ2v) is 7.46. The zero-order valence-corrected chi connectivity index (χ0v) is 12.8. The monoisotopic (exact) mass is 266 g/mol. The Bertz CT molecular complexity index is 402. The smallest absolute Gasteiger partial charge is 0.307 e. The number of aliphatic carboxylic acids is 1. The first-order valence-electron chi connectivity index (χ1n) is 6.71. The molecule has 0 aliphatic heterocycles. The van der Waals surface area contributed by atoms with Gasteiger partial charge in [0, 0.05) is 5.41 Å². The van der Waals surface area contributed by atoms with E-state index < -0.39 is 17.5 Å². The van der Waals surface area contributed by atoms with Crippen LogP contribution in [0.1, 0.15) is 48.0 Å². The Morgan fingerprint density at radius 2 is 1.68 bits per heavy atom. The van der Waals surface area contributed by atoms with Gasteiger partial charge in [-0.25, -0.2) is 0 Å². The van der Waals surface area contributed by atoms with Gasteiger partial charge >= 0.3 is 5.97 Å². The largest absolute Gasteiger partial charge is 0.481 e. The van der Waals surface area contributed by atoms with Gasteiger partial charge in [-0.1, -0.05) is 59.8 Å². The lowest BCUT2D eigenvalue weighted by Gasteiger charge is -2.55. The van der Waals surface area contributed by atoms with Crippen molar-refractivity contribution in [1.82, 2.24) is 0 Å². The highest BCUT2D eigenvalue weighted by atomic mass is 16.4. The SMILES string of the molecule is CC(C)(C)C1(C(C)(C)C)C=C(CC(=O)O)C=CC1O. The molecular formula is C16H26O3. The van der Waals surface area contributed by atoms with Crippen LogP contribution in [0.15, 0.2) is 23.8 Å². The van der Waals surface area contributed by atoms with Gasteiger partial charge < -0.3 is 10.2 Å². The lowest BCUT2D eigenvalue weighted by atomic mass is 9.50. The summed E-state index contributed by atoms with van der Waals surface area (Å²) in [6.07, 6.45) is 4.83. The van der Waals surface area contributed by atoms with Gasteiger partial charge in [0.25, 0.3) is 0 Å². The normalized spacial score (nSPS) is 23.1. The molecule has 3 heteroatoms. The molecule has 0 amide bonds. The number of hydrogen-bond donors (Lipinski definition) is 2. The van der Waals surface area contributed by atoms with Crippen molar-refractivity contribution in [3.05, 3.63) is 23.8 Å². The van der Waals surface area contributed by atoms with Gasteiger partial charge in [-0.05, 0) is 16.4 Å². The number of carboxylic acids is 1. The number of aliphatic hydroxyl groups is 1. The summed E-state index contributed by atoms with van der Waals surface area (Å²) in [6.45, 7) is 12.6. The predicted molar refractivity (Wildman–Crippen MR) is 76.8 cm³/mol. The van der Waals surface area contributed by atoms with E-state index in [4.69, 9.17) is 5.11 Å². The molecule has 1 atom stereocenters. The van der Waals surface area contributed by atoms with Crippen LogP contribution in [0, 0.1) is 16.2 Å². The fourth-order valence-electron chi connectivity index (χ4n) is 3.52. The summed E-state index contributed by atoms with van der Waals surface area (Å²) >= 11 is 0. The first-order valence-corrected chi connectivity index (χ1v) is 6.71. The first-order chi connectivity index (χ1) is 8.42. The highest BCUT2D eigenvalue weighted by Crippen LogP contribution is 2.57. The van der Waals surface area contributed by atoms with E-state index in [1.165, 1.54) is 0 Å². The Morgan fingerprint density at radius 1 is 1.21 bits per heavy atom. The standard InChI is InChI=1S/C16H26O3/c1-14(2,3)16(15(4,5)6)10-11(9-13(18)19)7-8-12(16)17/h7-8,10,12,17H,9H2,1-6H3,(H,18,19). The van der Waals surface area contributed by atoms with E-state index in [2.05, 4.69) is 41.5 Å². The van der Waals surface area contributed by atoms with Gasteiger partial charge in [0.05, 0.1) is 12.5 Å². The molecule has 19 heavy (non-hydrogen) atoms. The van der Waals surface area contributed by atoms with Crippen molar-refractivity contribution in [2.24, 2.45) is 16.2 Å². The molecule has 0 saturated carbocycles. The lowest BCUT2D eigenvalue weighted by molar-refractivity contribution is -0.136. The topological polar surface area (TPSA) is 57.5 Å². The van der Waals surface area contributed by atoms with Crippen LogP contribution in [0.25, 0.3) is 0 Å². The van der Waals surface area contributed by atoms with E-state index in [-0.39, 0.29) is 17.3 Å². The highest BCUT2D eigenvalue weighted by molar-refractivity contribution is 5.71. The molecule has 3 nitrogen and oxygen atoms in total. The number of rotatable bonds is 2. The van der Waals surface area contributed by atoms with E-state index in [1.807, 2.05) is 6.08 Å². The summed E-state index contributed by atoms with van der Waals surface area (Å²) in [5.74, 6) is -0.844. The predicted octanol–water partition coefficient (Wildman–Crippen LogP) is 3.40. The maximum atomic E-state index is 10.9. The first kappa shape index (κ1) is 16.0. The maximum Gasteiger partial charge on any atom is 0.307 e. The third kappa shape index (κ3) is 2.76. The molecule has 0 spiro atoms. The molecule has 0 aromatic heterocycles. The summed E-state index contributed by atoms with van der Waals surface area (Å²) in [7, 11) is 0. The van der Waals surface area contributed by atoms with Gasteiger partial charge in [-0.3, -0.25) is 4.79 Å². The van der Waals surface area contributed by atoms with E-state index in [9.17, 15) is 9.90 Å². The molecule has 2 N–H and O–H groups in total. The van der Waals surface area contributed by atoms with Gasteiger partial charge in [0.1, 0.15) is 0 Å². The molecule has 1 rings (SSSR count). The summed E-state index contributed by atoms with van der Waals surface area (Å²) < 4.78 is 0. The minimum absolute atomic E-state index is 0.00285. The number of carbonyl (C=O) groups is 1. The van der Waals surface area contributed by atoms with Gasteiger partial charge in [-0.2, -0.15) is 0 Å². The summed E-state index contributed by atoms with van der Waals surface area (Å²) in [6, 6.07) is 0. The minimum Gasteiger partial charge on any atom is -0.481 e.